The Balaban J connectivity index is 1.92. The highest BCUT2D eigenvalue weighted by Crippen LogP contribution is 2.36. The van der Waals surface area contributed by atoms with Gasteiger partial charge in [0.15, 0.2) is 5.82 Å². The number of sulfonamides is 1. The van der Waals surface area contributed by atoms with Crippen LogP contribution in [0, 0.1) is 0 Å². The van der Waals surface area contributed by atoms with E-state index in [1.54, 1.807) is 0 Å². The first kappa shape index (κ1) is 21.6. The van der Waals surface area contributed by atoms with Crippen molar-refractivity contribution in [2.24, 2.45) is 7.05 Å². The largest absolute Gasteiger partial charge is 0.441 e. The highest BCUT2D eigenvalue weighted by molar-refractivity contribution is 7.89. The van der Waals surface area contributed by atoms with Gasteiger partial charge in [0.05, 0.1) is 10.6 Å². The minimum absolute atomic E-state index is 0.134. The molecule has 0 aliphatic carbocycles. The van der Waals surface area contributed by atoms with Crippen LogP contribution in [-0.2, 0) is 21.8 Å². The average molecular weight is 452 g/mol. The van der Waals surface area contributed by atoms with E-state index >= 15 is 0 Å². The number of hydrogen-bond donors (Lipinski definition) is 0. The van der Waals surface area contributed by atoms with Crippen molar-refractivity contribution in [2.45, 2.75) is 30.0 Å². The van der Waals surface area contributed by atoms with Crippen LogP contribution in [0.2, 0.25) is 5.02 Å². The van der Waals surface area contributed by atoms with E-state index in [-0.39, 0.29) is 15.5 Å². The van der Waals surface area contributed by atoms with Crippen molar-refractivity contribution in [3.63, 3.8) is 0 Å². The summed E-state index contributed by atoms with van der Waals surface area (Å²) in [6.45, 7) is 0.616. The van der Waals surface area contributed by atoms with E-state index < -0.39 is 34.1 Å². The predicted octanol–water partition coefficient (Wildman–Crippen LogP) is 3.32. The number of aryl methyl sites for hydroxylation is 1. The second-order valence-electron chi connectivity index (χ2n) is 6.48. The highest BCUT2D eigenvalue weighted by Gasteiger charge is 2.46. The number of imidazole rings is 1. The molecule has 0 saturated carbocycles. The van der Waals surface area contributed by atoms with Crippen molar-refractivity contribution in [1.82, 2.24) is 13.9 Å². The van der Waals surface area contributed by atoms with E-state index in [4.69, 9.17) is 11.6 Å². The number of carbonyl (C=O) groups excluding carboxylic acids is 1. The third-order valence-corrected chi connectivity index (χ3v) is 6.85. The molecular weight excluding hydrogens is 435 g/mol. The SMILES string of the molecule is Cn1ccnc1[C@H](OC(=O)c1ccc(Cl)c(S(=O)(=O)N2CCCC2)c1)C(F)(F)F. The molecule has 0 radical (unpaired) electrons. The third-order valence-electron chi connectivity index (χ3n) is 4.46. The molecule has 0 amide bonds. The maximum Gasteiger partial charge on any atom is 0.432 e. The van der Waals surface area contributed by atoms with Crippen LogP contribution in [0.3, 0.4) is 0 Å². The van der Waals surface area contributed by atoms with Crippen LogP contribution in [0.1, 0.15) is 35.1 Å². The second-order valence-corrected chi connectivity index (χ2v) is 8.79. The van der Waals surface area contributed by atoms with Crippen molar-refractivity contribution in [3.05, 3.63) is 47.0 Å². The molecule has 0 spiro atoms. The van der Waals surface area contributed by atoms with Crippen LogP contribution in [0.15, 0.2) is 35.5 Å². The number of hydrogen-bond acceptors (Lipinski definition) is 5. The quantitative estimate of drug-likeness (QED) is 0.651. The number of benzene rings is 1. The zero-order chi connectivity index (χ0) is 21.4. The van der Waals surface area contributed by atoms with Crippen LogP contribution in [-0.4, -0.2) is 47.5 Å². The fourth-order valence-corrected chi connectivity index (χ4v) is 4.98. The Morgan fingerprint density at radius 2 is 1.93 bits per heavy atom. The third kappa shape index (κ3) is 4.41. The fraction of sp³-hybridized carbons (Fsp3) is 0.412. The normalized spacial score (nSPS) is 16.7. The summed E-state index contributed by atoms with van der Waals surface area (Å²) in [7, 11) is -2.65. The number of rotatable bonds is 5. The van der Waals surface area contributed by atoms with Gasteiger partial charge in [-0.2, -0.15) is 17.5 Å². The number of ether oxygens (including phenoxy) is 1. The molecule has 1 aliphatic heterocycles. The molecule has 1 aliphatic rings. The second kappa shape index (κ2) is 7.96. The molecular formula is C17H17ClF3N3O4S. The Hall–Kier alpha value is -2.11. The number of halogens is 4. The zero-order valence-corrected chi connectivity index (χ0v) is 16.8. The van der Waals surface area contributed by atoms with Gasteiger partial charge >= 0.3 is 12.1 Å². The summed E-state index contributed by atoms with van der Waals surface area (Å²) in [5.41, 5.74) is -0.365. The van der Waals surface area contributed by atoms with Crippen LogP contribution < -0.4 is 0 Å². The molecule has 3 rings (SSSR count). The van der Waals surface area contributed by atoms with E-state index in [0.29, 0.717) is 25.9 Å². The van der Waals surface area contributed by atoms with Crippen LogP contribution in [0.25, 0.3) is 0 Å². The Kier molecular flexibility index (Phi) is 5.93. The van der Waals surface area contributed by atoms with Crippen LogP contribution in [0.5, 0.6) is 0 Å². The van der Waals surface area contributed by atoms with Gasteiger partial charge in [0, 0.05) is 32.5 Å². The van der Waals surface area contributed by atoms with Crippen LogP contribution >= 0.6 is 11.6 Å². The zero-order valence-electron chi connectivity index (χ0n) is 15.2. The summed E-state index contributed by atoms with van der Waals surface area (Å²) in [5.74, 6) is -1.85. The average Bonchev–Trinajstić information content (AvgIpc) is 3.31. The minimum Gasteiger partial charge on any atom is -0.441 e. The van der Waals surface area contributed by atoms with Gasteiger partial charge in [-0.15, -0.1) is 0 Å². The lowest BCUT2D eigenvalue weighted by Crippen LogP contribution is -2.29. The van der Waals surface area contributed by atoms with Gasteiger partial charge in [-0.1, -0.05) is 11.6 Å². The van der Waals surface area contributed by atoms with Crippen molar-refractivity contribution in [3.8, 4) is 0 Å². The molecule has 1 aromatic carbocycles. The number of carbonyl (C=O) groups is 1. The monoisotopic (exact) mass is 451 g/mol. The van der Waals surface area contributed by atoms with Gasteiger partial charge in [-0.05, 0) is 31.0 Å². The first-order valence-corrected chi connectivity index (χ1v) is 10.4. The summed E-state index contributed by atoms with van der Waals surface area (Å²) in [6.07, 6.45) is -3.71. The lowest BCUT2D eigenvalue weighted by Gasteiger charge is -2.21. The highest BCUT2D eigenvalue weighted by atomic mass is 35.5. The summed E-state index contributed by atoms with van der Waals surface area (Å²) >= 11 is 5.99. The number of esters is 1. The standard InChI is InChI=1S/C17H17ClF3N3O4S/c1-23-9-6-22-15(23)14(17(19,20)21)28-16(25)11-4-5-12(18)13(10-11)29(26,27)24-7-2-3-8-24/h4-6,9-10,14H,2-3,7-8H2,1H3/t14-/m0/s1. The number of aromatic nitrogens is 2. The van der Waals surface area contributed by atoms with Crippen molar-refractivity contribution >= 4 is 27.6 Å². The topological polar surface area (TPSA) is 81.5 Å². The van der Waals surface area contributed by atoms with E-state index in [1.165, 1.54) is 17.5 Å². The Morgan fingerprint density at radius 3 is 2.48 bits per heavy atom. The minimum atomic E-state index is -4.91. The molecule has 1 atom stereocenters. The van der Waals surface area contributed by atoms with Crippen LogP contribution in [0.4, 0.5) is 13.2 Å². The molecule has 158 valence electrons. The van der Waals surface area contributed by atoms with E-state index in [2.05, 4.69) is 9.72 Å². The lowest BCUT2D eigenvalue weighted by atomic mass is 10.2. The number of alkyl halides is 3. The first-order chi connectivity index (χ1) is 13.5. The van der Waals surface area contributed by atoms with E-state index in [0.717, 1.165) is 29.0 Å². The number of nitrogens with zero attached hydrogens (tertiary/aromatic N) is 3. The molecule has 1 saturated heterocycles. The van der Waals surface area contributed by atoms with Gasteiger partial charge in [0.1, 0.15) is 4.90 Å². The molecule has 7 nitrogen and oxygen atoms in total. The first-order valence-electron chi connectivity index (χ1n) is 8.56. The van der Waals surface area contributed by atoms with Gasteiger partial charge in [-0.3, -0.25) is 0 Å². The van der Waals surface area contributed by atoms with Crippen molar-refractivity contribution < 1.29 is 31.1 Å². The molecule has 0 bridgehead atoms. The Bertz CT molecular complexity index is 1020. The molecule has 29 heavy (non-hydrogen) atoms. The van der Waals surface area contributed by atoms with Gasteiger partial charge < -0.3 is 9.30 Å². The molecule has 1 fully saturated rings. The molecule has 0 N–H and O–H groups in total. The maximum atomic E-state index is 13.4. The fourth-order valence-electron chi connectivity index (χ4n) is 2.97. The van der Waals surface area contributed by atoms with E-state index in [9.17, 15) is 26.4 Å². The molecule has 2 aromatic rings. The lowest BCUT2D eigenvalue weighted by molar-refractivity contribution is -0.210. The summed E-state index contributed by atoms with van der Waals surface area (Å²) in [5, 5.41) is -0.134. The molecule has 1 aromatic heterocycles. The van der Waals surface area contributed by atoms with Gasteiger partial charge in [0.2, 0.25) is 10.0 Å². The molecule has 2 heterocycles. The van der Waals surface area contributed by atoms with Crippen molar-refractivity contribution in [1.29, 1.82) is 0 Å². The van der Waals surface area contributed by atoms with Crippen molar-refractivity contribution in [2.75, 3.05) is 13.1 Å². The summed E-state index contributed by atoms with van der Waals surface area (Å²) in [4.78, 5) is 15.7. The summed E-state index contributed by atoms with van der Waals surface area (Å²) in [6, 6.07) is 3.19. The Morgan fingerprint density at radius 1 is 1.28 bits per heavy atom. The molecule has 0 unspecified atom stereocenters. The van der Waals surface area contributed by atoms with E-state index in [1.807, 2.05) is 0 Å². The van der Waals surface area contributed by atoms with Gasteiger partial charge in [0.25, 0.3) is 6.10 Å². The summed E-state index contributed by atoms with van der Waals surface area (Å²) < 4.78 is 72.7. The molecule has 12 heteroatoms. The maximum absolute atomic E-state index is 13.4. The Labute approximate surface area is 170 Å². The smallest absolute Gasteiger partial charge is 0.432 e. The predicted molar refractivity (Wildman–Crippen MR) is 96.9 cm³/mol. The van der Waals surface area contributed by atoms with Gasteiger partial charge in [-0.25, -0.2) is 18.2 Å².